The Kier molecular flexibility index (Phi) is 7.21. The highest BCUT2D eigenvalue weighted by molar-refractivity contribution is 9.10. The largest absolute Gasteiger partial charge is 0.313 e. The van der Waals surface area contributed by atoms with Crippen LogP contribution in [0.5, 0.6) is 0 Å². The molecule has 1 aromatic rings. The van der Waals surface area contributed by atoms with Gasteiger partial charge in [-0.3, -0.25) is 4.90 Å². The molecular formula is C18H29BrN2. The minimum Gasteiger partial charge on any atom is -0.313 e. The highest BCUT2D eigenvalue weighted by Gasteiger charge is 2.21. The van der Waals surface area contributed by atoms with Crippen LogP contribution in [-0.4, -0.2) is 24.0 Å². The van der Waals surface area contributed by atoms with Gasteiger partial charge >= 0.3 is 0 Å². The first-order valence-corrected chi connectivity index (χ1v) is 9.26. The highest BCUT2D eigenvalue weighted by atomic mass is 79.9. The lowest BCUT2D eigenvalue weighted by molar-refractivity contribution is 0.200. The predicted molar refractivity (Wildman–Crippen MR) is 94.5 cm³/mol. The molecule has 0 aliphatic heterocycles. The Morgan fingerprint density at radius 1 is 1.24 bits per heavy atom. The van der Waals surface area contributed by atoms with E-state index in [0.29, 0.717) is 0 Å². The first-order valence-electron chi connectivity index (χ1n) is 8.46. The fourth-order valence-electron chi connectivity index (χ4n) is 3.23. The summed E-state index contributed by atoms with van der Waals surface area (Å²) >= 11 is 3.77. The van der Waals surface area contributed by atoms with Crippen LogP contribution in [0.1, 0.15) is 57.1 Å². The van der Waals surface area contributed by atoms with Crippen molar-refractivity contribution in [1.29, 1.82) is 0 Å². The Labute approximate surface area is 138 Å². The molecule has 1 aliphatic carbocycles. The average Bonchev–Trinajstić information content (AvgIpc) is 3.01. The molecule has 3 heteroatoms. The Bertz CT molecular complexity index is 427. The van der Waals surface area contributed by atoms with Gasteiger partial charge in [0.1, 0.15) is 0 Å². The molecule has 1 fully saturated rings. The average molecular weight is 353 g/mol. The molecule has 1 aromatic carbocycles. The number of benzene rings is 1. The number of halogens is 1. The lowest BCUT2D eigenvalue weighted by Crippen LogP contribution is -2.32. The normalized spacial score (nSPS) is 16.0. The molecule has 0 heterocycles. The van der Waals surface area contributed by atoms with Gasteiger partial charge in [-0.25, -0.2) is 0 Å². The molecular weight excluding hydrogens is 324 g/mol. The van der Waals surface area contributed by atoms with Crippen LogP contribution in [0.2, 0.25) is 0 Å². The van der Waals surface area contributed by atoms with Gasteiger partial charge in [0.15, 0.2) is 0 Å². The van der Waals surface area contributed by atoms with Crippen molar-refractivity contribution in [3.05, 3.63) is 33.8 Å². The Morgan fingerprint density at radius 2 is 2.00 bits per heavy atom. The molecule has 1 aliphatic rings. The summed E-state index contributed by atoms with van der Waals surface area (Å²) in [5.74, 6) is 0. The molecule has 21 heavy (non-hydrogen) atoms. The van der Waals surface area contributed by atoms with Crippen LogP contribution in [0.15, 0.2) is 22.7 Å². The fraction of sp³-hybridized carbons (Fsp3) is 0.667. The van der Waals surface area contributed by atoms with Crippen molar-refractivity contribution in [2.75, 3.05) is 13.1 Å². The first kappa shape index (κ1) is 17.0. The van der Waals surface area contributed by atoms with Crippen molar-refractivity contribution in [3.8, 4) is 0 Å². The van der Waals surface area contributed by atoms with Crippen molar-refractivity contribution in [2.45, 2.75) is 65.1 Å². The lowest BCUT2D eigenvalue weighted by Gasteiger charge is -2.28. The van der Waals surface area contributed by atoms with Crippen LogP contribution in [0.4, 0.5) is 0 Å². The van der Waals surface area contributed by atoms with Gasteiger partial charge in [0.25, 0.3) is 0 Å². The number of nitrogens with zero attached hydrogens (tertiary/aromatic N) is 1. The monoisotopic (exact) mass is 352 g/mol. The van der Waals surface area contributed by atoms with Gasteiger partial charge in [-0.15, -0.1) is 0 Å². The molecule has 1 saturated carbocycles. The molecule has 0 radical (unpaired) electrons. The SMILES string of the molecule is CCCNCc1ccc(CN(CC)C2CCCC2)c(Br)c1. The van der Waals surface area contributed by atoms with Crippen molar-refractivity contribution in [1.82, 2.24) is 10.2 Å². The zero-order valence-corrected chi connectivity index (χ0v) is 15.1. The van der Waals surface area contributed by atoms with E-state index >= 15 is 0 Å². The minimum atomic E-state index is 0.799. The summed E-state index contributed by atoms with van der Waals surface area (Å²) in [6.07, 6.45) is 6.76. The summed E-state index contributed by atoms with van der Waals surface area (Å²) < 4.78 is 1.26. The van der Waals surface area contributed by atoms with Crippen LogP contribution in [0.25, 0.3) is 0 Å². The molecule has 0 amide bonds. The maximum absolute atomic E-state index is 3.77. The van der Waals surface area contributed by atoms with E-state index in [-0.39, 0.29) is 0 Å². The van der Waals surface area contributed by atoms with Crippen LogP contribution in [0.3, 0.4) is 0 Å². The van der Waals surface area contributed by atoms with E-state index < -0.39 is 0 Å². The number of rotatable bonds is 8. The van der Waals surface area contributed by atoms with Gasteiger partial charge < -0.3 is 5.32 Å². The summed E-state index contributed by atoms with van der Waals surface area (Å²) in [7, 11) is 0. The van der Waals surface area contributed by atoms with Gasteiger partial charge in [0.2, 0.25) is 0 Å². The van der Waals surface area contributed by atoms with Gasteiger partial charge in [-0.05, 0) is 49.5 Å². The summed E-state index contributed by atoms with van der Waals surface area (Å²) in [6, 6.07) is 7.64. The maximum atomic E-state index is 3.77. The van der Waals surface area contributed by atoms with Gasteiger partial charge in [0.05, 0.1) is 0 Å². The standard InChI is InChI=1S/C18H29BrN2/c1-3-11-20-13-15-9-10-16(18(19)12-15)14-21(4-2)17-7-5-6-8-17/h9-10,12,17,20H,3-8,11,13-14H2,1-2H3. The zero-order chi connectivity index (χ0) is 15.1. The molecule has 2 rings (SSSR count). The molecule has 1 N–H and O–H groups in total. The second-order valence-corrected chi connectivity index (χ2v) is 6.96. The molecule has 0 atom stereocenters. The third-order valence-electron chi connectivity index (χ3n) is 4.49. The van der Waals surface area contributed by atoms with Gasteiger partial charge in [-0.2, -0.15) is 0 Å². The number of hydrogen-bond donors (Lipinski definition) is 1. The Morgan fingerprint density at radius 3 is 2.62 bits per heavy atom. The van der Waals surface area contributed by atoms with Crippen LogP contribution >= 0.6 is 15.9 Å². The third kappa shape index (κ3) is 5.08. The van der Waals surface area contributed by atoms with Crippen LogP contribution < -0.4 is 5.32 Å². The van der Waals surface area contributed by atoms with Gasteiger partial charge in [-0.1, -0.05) is 54.8 Å². The lowest BCUT2D eigenvalue weighted by atomic mass is 10.1. The number of nitrogens with one attached hydrogen (secondary N) is 1. The quantitative estimate of drug-likeness (QED) is 0.681. The van der Waals surface area contributed by atoms with E-state index in [1.165, 1.54) is 47.7 Å². The molecule has 0 spiro atoms. The zero-order valence-electron chi connectivity index (χ0n) is 13.5. The van der Waals surface area contributed by atoms with E-state index in [0.717, 1.165) is 32.2 Å². The first-order chi connectivity index (χ1) is 10.2. The van der Waals surface area contributed by atoms with Gasteiger partial charge in [0, 0.05) is 23.6 Å². The van der Waals surface area contributed by atoms with Crippen molar-refractivity contribution in [3.63, 3.8) is 0 Å². The van der Waals surface area contributed by atoms with Crippen LogP contribution in [-0.2, 0) is 13.1 Å². The maximum Gasteiger partial charge on any atom is 0.0247 e. The topological polar surface area (TPSA) is 15.3 Å². The van der Waals surface area contributed by atoms with Crippen LogP contribution in [0, 0.1) is 0 Å². The van der Waals surface area contributed by atoms with Crippen molar-refractivity contribution >= 4 is 15.9 Å². The van der Waals surface area contributed by atoms with E-state index in [4.69, 9.17) is 0 Å². The van der Waals surface area contributed by atoms with E-state index in [9.17, 15) is 0 Å². The smallest absolute Gasteiger partial charge is 0.0247 e. The Hall–Kier alpha value is -0.380. The molecule has 118 valence electrons. The molecule has 0 saturated heterocycles. The predicted octanol–water partition coefficient (Wildman–Crippen LogP) is 4.71. The second kappa shape index (κ2) is 8.92. The Balaban J connectivity index is 1.95. The van der Waals surface area contributed by atoms with E-state index in [1.807, 2.05) is 0 Å². The van der Waals surface area contributed by atoms with E-state index in [1.54, 1.807) is 0 Å². The summed E-state index contributed by atoms with van der Waals surface area (Å²) in [5.41, 5.74) is 2.78. The summed E-state index contributed by atoms with van der Waals surface area (Å²) in [5, 5.41) is 3.46. The fourth-order valence-corrected chi connectivity index (χ4v) is 3.78. The molecule has 2 nitrogen and oxygen atoms in total. The molecule has 0 bridgehead atoms. The number of hydrogen-bond acceptors (Lipinski definition) is 2. The summed E-state index contributed by atoms with van der Waals surface area (Å²) in [6.45, 7) is 8.77. The third-order valence-corrected chi connectivity index (χ3v) is 5.23. The molecule has 0 unspecified atom stereocenters. The second-order valence-electron chi connectivity index (χ2n) is 6.10. The molecule has 0 aromatic heterocycles. The highest BCUT2D eigenvalue weighted by Crippen LogP contribution is 2.27. The minimum absolute atomic E-state index is 0.799. The van der Waals surface area contributed by atoms with E-state index in [2.05, 4.69) is 58.2 Å². The summed E-state index contributed by atoms with van der Waals surface area (Å²) in [4.78, 5) is 2.64. The van der Waals surface area contributed by atoms with Crippen molar-refractivity contribution < 1.29 is 0 Å². The van der Waals surface area contributed by atoms with Crippen molar-refractivity contribution in [2.24, 2.45) is 0 Å².